The third kappa shape index (κ3) is 7.47. The maximum absolute atomic E-state index is 12.1. The fourth-order valence-electron chi connectivity index (χ4n) is 2.75. The molecule has 0 aliphatic carbocycles. The summed E-state index contributed by atoms with van der Waals surface area (Å²) in [6.07, 6.45) is 5.45. The average Bonchev–Trinajstić information content (AvgIpc) is 2.59. The third-order valence-electron chi connectivity index (χ3n) is 4.01. The summed E-state index contributed by atoms with van der Waals surface area (Å²) < 4.78 is 0. The molecule has 0 bridgehead atoms. The molecule has 2 amide bonds. The van der Waals surface area contributed by atoms with Gasteiger partial charge in [0.1, 0.15) is 0 Å². The molecule has 3 N–H and O–H groups in total. The van der Waals surface area contributed by atoms with Gasteiger partial charge in [-0.1, -0.05) is 38.3 Å². The maximum atomic E-state index is 12.1. The smallest absolute Gasteiger partial charge is 0.243 e. The predicted octanol–water partition coefficient (Wildman–Crippen LogP) is 3.63. The van der Waals surface area contributed by atoms with E-state index in [1.807, 2.05) is 13.0 Å². The number of benzene rings is 1. The minimum atomic E-state index is -0.383. The van der Waals surface area contributed by atoms with Crippen molar-refractivity contribution in [3.05, 3.63) is 29.3 Å². The van der Waals surface area contributed by atoms with E-state index in [-0.39, 0.29) is 17.6 Å². The molecule has 0 saturated heterocycles. The number of amides is 2. The Kier molecular flexibility index (Phi) is 9.47. The van der Waals surface area contributed by atoms with Crippen molar-refractivity contribution >= 4 is 23.3 Å². The largest absolute Gasteiger partial charge is 0.326 e. The summed E-state index contributed by atoms with van der Waals surface area (Å²) >= 11 is 0. The highest BCUT2D eigenvalue weighted by molar-refractivity contribution is 5.99. The van der Waals surface area contributed by atoms with Gasteiger partial charge in [0.05, 0.1) is 0 Å². The molecule has 0 heterocycles. The minimum absolute atomic E-state index is 0.00599. The standard InChI is InChI=1S/C19H28N2O4/c1-3-9-16-15(14(2)22)10-8-11-17(16)20-18(23)12-6-4-5-7-13-19(24)21-25/h8,10-11,25H,3-7,9,12-13H2,1-2H3,(H,20,23)(H,21,24). The summed E-state index contributed by atoms with van der Waals surface area (Å²) in [5, 5.41) is 11.3. The van der Waals surface area contributed by atoms with Gasteiger partial charge in [-0.05, 0) is 37.8 Å². The average molecular weight is 348 g/mol. The van der Waals surface area contributed by atoms with Crippen LogP contribution in [0.5, 0.6) is 0 Å². The van der Waals surface area contributed by atoms with E-state index in [1.165, 1.54) is 6.92 Å². The summed E-state index contributed by atoms with van der Waals surface area (Å²) in [6, 6.07) is 5.42. The van der Waals surface area contributed by atoms with Gasteiger partial charge in [-0.2, -0.15) is 0 Å². The third-order valence-corrected chi connectivity index (χ3v) is 4.01. The molecule has 0 radical (unpaired) electrons. The quantitative estimate of drug-likeness (QED) is 0.246. The van der Waals surface area contributed by atoms with E-state index in [0.29, 0.717) is 24.8 Å². The number of ketones is 1. The van der Waals surface area contributed by atoms with Gasteiger partial charge in [0.15, 0.2) is 5.78 Å². The maximum Gasteiger partial charge on any atom is 0.243 e. The van der Waals surface area contributed by atoms with Gasteiger partial charge in [-0.25, -0.2) is 5.48 Å². The van der Waals surface area contributed by atoms with Crippen LogP contribution >= 0.6 is 0 Å². The number of hydroxylamine groups is 1. The molecule has 0 fully saturated rings. The van der Waals surface area contributed by atoms with Crippen LogP contribution in [0.1, 0.15) is 74.7 Å². The second-order valence-corrected chi connectivity index (χ2v) is 6.14. The van der Waals surface area contributed by atoms with Gasteiger partial charge >= 0.3 is 0 Å². The van der Waals surface area contributed by atoms with Crippen molar-refractivity contribution in [2.24, 2.45) is 0 Å². The van der Waals surface area contributed by atoms with Gasteiger partial charge in [0.25, 0.3) is 0 Å². The Hall–Kier alpha value is -2.21. The van der Waals surface area contributed by atoms with Crippen LogP contribution in [0.25, 0.3) is 0 Å². The highest BCUT2D eigenvalue weighted by Crippen LogP contribution is 2.23. The fraction of sp³-hybridized carbons (Fsp3) is 0.526. The van der Waals surface area contributed by atoms with E-state index in [9.17, 15) is 14.4 Å². The Morgan fingerprint density at radius 3 is 2.20 bits per heavy atom. The molecule has 0 aromatic heterocycles. The van der Waals surface area contributed by atoms with Crippen LogP contribution < -0.4 is 10.8 Å². The van der Waals surface area contributed by atoms with E-state index < -0.39 is 0 Å². The molecule has 0 saturated carbocycles. The molecule has 138 valence electrons. The lowest BCUT2D eigenvalue weighted by Crippen LogP contribution is -2.17. The van der Waals surface area contributed by atoms with Gasteiger partial charge in [-0.3, -0.25) is 19.6 Å². The Bertz CT molecular complexity index is 599. The van der Waals surface area contributed by atoms with Crippen molar-refractivity contribution in [3.8, 4) is 0 Å². The van der Waals surface area contributed by atoms with Crippen molar-refractivity contribution in [1.82, 2.24) is 5.48 Å². The van der Waals surface area contributed by atoms with Crippen LogP contribution in [0.15, 0.2) is 18.2 Å². The predicted molar refractivity (Wildman–Crippen MR) is 96.7 cm³/mol. The molecule has 6 heteroatoms. The number of anilines is 1. The number of hydrogen-bond acceptors (Lipinski definition) is 4. The first-order chi connectivity index (χ1) is 12.0. The van der Waals surface area contributed by atoms with Crippen LogP contribution in [-0.4, -0.2) is 22.8 Å². The molecule has 0 aliphatic heterocycles. The number of Topliss-reactive ketones (excluding diaryl/α,β-unsaturated/α-hetero) is 1. The van der Waals surface area contributed by atoms with Crippen LogP contribution in [0.2, 0.25) is 0 Å². The summed E-state index contributed by atoms with van der Waals surface area (Å²) in [5.74, 6) is -0.441. The highest BCUT2D eigenvalue weighted by Gasteiger charge is 2.13. The number of carbonyl (C=O) groups excluding carboxylic acids is 3. The second-order valence-electron chi connectivity index (χ2n) is 6.14. The first-order valence-corrected chi connectivity index (χ1v) is 8.85. The second kappa shape index (κ2) is 11.4. The van der Waals surface area contributed by atoms with Crippen LogP contribution in [0.3, 0.4) is 0 Å². The van der Waals surface area contributed by atoms with Crippen LogP contribution in [0, 0.1) is 0 Å². The monoisotopic (exact) mass is 348 g/mol. The number of rotatable bonds is 11. The number of hydrogen-bond donors (Lipinski definition) is 3. The highest BCUT2D eigenvalue weighted by atomic mass is 16.5. The van der Waals surface area contributed by atoms with Crippen molar-refractivity contribution < 1.29 is 19.6 Å². The topological polar surface area (TPSA) is 95.5 Å². The molecule has 0 atom stereocenters. The number of carbonyl (C=O) groups is 3. The Morgan fingerprint density at radius 2 is 1.64 bits per heavy atom. The molecule has 0 unspecified atom stereocenters. The molecule has 25 heavy (non-hydrogen) atoms. The van der Waals surface area contributed by atoms with Crippen molar-refractivity contribution in [2.75, 3.05) is 5.32 Å². The van der Waals surface area contributed by atoms with E-state index in [0.717, 1.165) is 43.4 Å². The van der Waals surface area contributed by atoms with Crippen LogP contribution in [-0.2, 0) is 16.0 Å². The minimum Gasteiger partial charge on any atom is -0.326 e. The fourth-order valence-corrected chi connectivity index (χ4v) is 2.75. The lowest BCUT2D eigenvalue weighted by Gasteiger charge is -2.14. The van der Waals surface area contributed by atoms with Gasteiger partial charge < -0.3 is 5.32 Å². The summed E-state index contributed by atoms with van der Waals surface area (Å²) in [6.45, 7) is 3.58. The summed E-state index contributed by atoms with van der Waals surface area (Å²) in [7, 11) is 0. The molecule has 1 aromatic rings. The number of nitrogens with one attached hydrogen (secondary N) is 2. The van der Waals surface area contributed by atoms with Crippen molar-refractivity contribution in [3.63, 3.8) is 0 Å². The van der Waals surface area contributed by atoms with E-state index in [1.54, 1.807) is 17.6 Å². The van der Waals surface area contributed by atoms with Gasteiger partial charge in [-0.15, -0.1) is 0 Å². The van der Waals surface area contributed by atoms with Gasteiger partial charge in [0.2, 0.25) is 11.8 Å². The Morgan fingerprint density at radius 1 is 1.00 bits per heavy atom. The zero-order chi connectivity index (χ0) is 18.7. The van der Waals surface area contributed by atoms with E-state index >= 15 is 0 Å². The molecular formula is C19H28N2O4. The first kappa shape index (κ1) is 20.8. The lowest BCUT2D eigenvalue weighted by molar-refractivity contribution is -0.129. The van der Waals surface area contributed by atoms with E-state index in [2.05, 4.69) is 5.32 Å². The Labute approximate surface area is 149 Å². The summed E-state index contributed by atoms with van der Waals surface area (Å²) in [4.78, 5) is 34.8. The Balaban J connectivity index is 2.48. The zero-order valence-electron chi connectivity index (χ0n) is 15.1. The zero-order valence-corrected chi connectivity index (χ0v) is 15.1. The van der Waals surface area contributed by atoms with Gasteiger partial charge in [0, 0.05) is 24.1 Å². The molecule has 0 spiro atoms. The molecule has 1 rings (SSSR count). The molecule has 1 aromatic carbocycles. The molecular weight excluding hydrogens is 320 g/mol. The lowest BCUT2D eigenvalue weighted by atomic mass is 9.98. The summed E-state index contributed by atoms with van der Waals surface area (Å²) in [5.41, 5.74) is 3.90. The molecule has 0 aliphatic rings. The van der Waals surface area contributed by atoms with Crippen molar-refractivity contribution in [2.45, 2.75) is 65.2 Å². The SMILES string of the molecule is CCCc1c(NC(=O)CCCCCCC(=O)NO)cccc1C(C)=O. The van der Waals surface area contributed by atoms with Crippen molar-refractivity contribution in [1.29, 1.82) is 0 Å². The molecule has 6 nitrogen and oxygen atoms in total. The van der Waals surface area contributed by atoms with Crippen LogP contribution in [0.4, 0.5) is 5.69 Å². The number of unbranched alkanes of at least 4 members (excludes halogenated alkanes) is 3. The van der Waals surface area contributed by atoms with E-state index in [4.69, 9.17) is 5.21 Å². The normalized spacial score (nSPS) is 10.4. The first-order valence-electron chi connectivity index (χ1n) is 8.85.